The number of benzene rings is 2. The molecule has 0 aliphatic heterocycles. The highest BCUT2D eigenvalue weighted by Gasteiger charge is 2.20. The van der Waals surface area contributed by atoms with Gasteiger partial charge < -0.3 is 10.5 Å². The molecule has 3 N–H and O–H groups in total. The Morgan fingerprint density at radius 3 is 2.36 bits per heavy atom. The molecule has 2 rings (SSSR count). The molecular formula is C18H20N4O5S. The Morgan fingerprint density at radius 2 is 1.79 bits per heavy atom. The maximum absolute atomic E-state index is 12.1. The van der Waals surface area contributed by atoms with Gasteiger partial charge in [0, 0.05) is 0 Å². The SMILES string of the molecule is CS(=O)(=O)N(CC(=O)N/N=C\c1ccc(OCC(N)=O)cc1)c1ccccc1. The van der Waals surface area contributed by atoms with Gasteiger partial charge in [0.05, 0.1) is 18.2 Å². The second-order valence-electron chi connectivity index (χ2n) is 5.72. The van der Waals surface area contributed by atoms with Crippen molar-refractivity contribution < 1.29 is 22.7 Å². The number of nitrogens with zero attached hydrogens (tertiary/aromatic N) is 2. The summed E-state index contributed by atoms with van der Waals surface area (Å²) in [5.74, 6) is -0.703. The standard InChI is InChI=1S/C18H20N4O5S/c1-28(25,26)22(15-5-3-2-4-6-15)12-18(24)21-20-11-14-7-9-16(10-8-14)27-13-17(19)23/h2-11H,12-13H2,1H3,(H2,19,23)(H,21,24)/b20-11-. The fourth-order valence-corrected chi connectivity index (χ4v) is 3.00. The average Bonchev–Trinajstić information content (AvgIpc) is 2.65. The van der Waals surface area contributed by atoms with Gasteiger partial charge >= 0.3 is 0 Å². The minimum absolute atomic E-state index is 0.220. The minimum atomic E-state index is -3.63. The van der Waals surface area contributed by atoms with Crippen LogP contribution >= 0.6 is 0 Å². The van der Waals surface area contributed by atoms with E-state index >= 15 is 0 Å². The van der Waals surface area contributed by atoms with Crippen LogP contribution in [0, 0.1) is 0 Å². The maximum Gasteiger partial charge on any atom is 0.260 e. The summed E-state index contributed by atoms with van der Waals surface area (Å²) in [7, 11) is -3.63. The first-order chi connectivity index (χ1) is 13.3. The molecular weight excluding hydrogens is 384 g/mol. The number of hydrogen-bond donors (Lipinski definition) is 2. The third kappa shape index (κ3) is 6.72. The highest BCUT2D eigenvalue weighted by molar-refractivity contribution is 7.92. The number of primary amides is 1. The van der Waals surface area contributed by atoms with Gasteiger partial charge in [0.15, 0.2) is 6.61 Å². The Kier molecular flexibility index (Phi) is 7.10. The average molecular weight is 404 g/mol. The molecule has 0 aliphatic rings. The van der Waals surface area contributed by atoms with E-state index in [9.17, 15) is 18.0 Å². The van der Waals surface area contributed by atoms with Gasteiger partial charge in [-0.2, -0.15) is 5.10 Å². The molecule has 0 aliphatic carbocycles. The van der Waals surface area contributed by atoms with Crippen LogP contribution in [0.5, 0.6) is 5.75 Å². The van der Waals surface area contributed by atoms with E-state index in [1.807, 2.05) is 0 Å². The van der Waals surface area contributed by atoms with E-state index in [1.54, 1.807) is 54.6 Å². The van der Waals surface area contributed by atoms with Crippen molar-refractivity contribution in [1.29, 1.82) is 0 Å². The van der Waals surface area contributed by atoms with Crippen LogP contribution in [0.25, 0.3) is 0 Å². The summed E-state index contributed by atoms with van der Waals surface area (Å²) in [5.41, 5.74) is 8.33. The predicted molar refractivity (Wildman–Crippen MR) is 105 cm³/mol. The highest BCUT2D eigenvalue weighted by Crippen LogP contribution is 2.16. The number of rotatable bonds is 9. The van der Waals surface area contributed by atoms with E-state index in [1.165, 1.54) is 6.21 Å². The van der Waals surface area contributed by atoms with Gasteiger partial charge in [0.25, 0.3) is 11.8 Å². The van der Waals surface area contributed by atoms with Crippen molar-refractivity contribution in [2.45, 2.75) is 0 Å². The number of para-hydroxylation sites is 1. The number of hydrogen-bond acceptors (Lipinski definition) is 6. The number of sulfonamides is 1. The molecule has 0 radical (unpaired) electrons. The van der Waals surface area contributed by atoms with E-state index < -0.39 is 28.4 Å². The molecule has 10 heteroatoms. The van der Waals surface area contributed by atoms with Crippen molar-refractivity contribution in [2.24, 2.45) is 10.8 Å². The van der Waals surface area contributed by atoms with Gasteiger partial charge in [-0.25, -0.2) is 13.8 Å². The Balaban J connectivity index is 1.94. The van der Waals surface area contributed by atoms with Crippen LogP contribution in [0.2, 0.25) is 0 Å². The summed E-state index contributed by atoms with van der Waals surface area (Å²) < 4.78 is 30.0. The summed E-state index contributed by atoms with van der Waals surface area (Å²) in [5, 5.41) is 3.81. The Hall–Kier alpha value is -3.40. The summed E-state index contributed by atoms with van der Waals surface area (Å²) in [6.07, 6.45) is 2.42. The van der Waals surface area contributed by atoms with Crippen molar-refractivity contribution in [3.05, 3.63) is 60.2 Å². The lowest BCUT2D eigenvalue weighted by molar-refractivity contribution is -0.120. The number of ether oxygens (including phenoxy) is 1. The number of nitrogens with two attached hydrogens (primary N) is 1. The first kappa shape index (κ1) is 20.9. The minimum Gasteiger partial charge on any atom is -0.484 e. The molecule has 0 bridgehead atoms. The molecule has 2 aromatic carbocycles. The zero-order valence-electron chi connectivity index (χ0n) is 15.1. The molecule has 0 heterocycles. The van der Waals surface area contributed by atoms with E-state index in [0.29, 0.717) is 17.0 Å². The number of carbonyl (C=O) groups excluding carboxylic acids is 2. The maximum atomic E-state index is 12.1. The molecule has 0 spiro atoms. The molecule has 0 saturated carbocycles. The van der Waals surface area contributed by atoms with Gasteiger partial charge in [0.1, 0.15) is 12.3 Å². The van der Waals surface area contributed by atoms with Gasteiger partial charge in [-0.3, -0.25) is 13.9 Å². The Morgan fingerprint density at radius 1 is 1.14 bits per heavy atom. The summed E-state index contributed by atoms with van der Waals surface area (Å²) in [6.45, 7) is -0.623. The second-order valence-corrected chi connectivity index (χ2v) is 7.63. The highest BCUT2D eigenvalue weighted by atomic mass is 32.2. The van der Waals surface area contributed by atoms with Gasteiger partial charge in [-0.15, -0.1) is 0 Å². The zero-order chi connectivity index (χ0) is 20.6. The first-order valence-electron chi connectivity index (χ1n) is 8.11. The molecule has 0 saturated heterocycles. The van der Waals surface area contributed by atoms with Crippen molar-refractivity contribution in [2.75, 3.05) is 23.7 Å². The largest absolute Gasteiger partial charge is 0.484 e. The number of hydrazone groups is 1. The quantitative estimate of drug-likeness (QED) is 0.463. The third-order valence-electron chi connectivity index (χ3n) is 3.40. The van der Waals surface area contributed by atoms with E-state index in [2.05, 4.69) is 10.5 Å². The van der Waals surface area contributed by atoms with E-state index in [-0.39, 0.29) is 6.61 Å². The molecule has 9 nitrogen and oxygen atoms in total. The summed E-state index contributed by atoms with van der Waals surface area (Å²) >= 11 is 0. The number of carbonyl (C=O) groups is 2. The molecule has 28 heavy (non-hydrogen) atoms. The normalized spacial score (nSPS) is 11.2. The van der Waals surface area contributed by atoms with Gasteiger partial charge in [0.2, 0.25) is 10.0 Å². The van der Waals surface area contributed by atoms with E-state index in [0.717, 1.165) is 10.6 Å². The lowest BCUT2D eigenvalue weighted by atomic mass is 10.2. The topological polar surface area (TPSA) is 131 Å². The third-order valence-corrected chi connectivity index (χ3v) is 4.54. The lowest BCUT2D eigenvalue weighted by Gasteiger charge is -2.21. The lowest BCUT2D eigenvalue weighted by Crippen LogP contribution is -2.38. The number of nitrogens with one attached hydrogen (secondary N) is 1. The second kappa shape index (κ2) is 9.51. The molecule has 0 atom stereocenters. The number of anilines is 1. The van der Waals surface area contributed by atoms with Crippen molar-refractivity contribution >= 4 is 33.7 Å². The van der Waals surface area contributed by atoms with Crippen LogP contribution in [0.4, 0.5) is 5.69 Å². The fourth-order valence-electron chi connectivity index (χ4n) is 2.14. The number of amides is 2. The van der Waals surface area contributed by atoms with Crippen molar-refractivity contribution in [1.82, 2.24) is 5.43 Å². The fraction of sp³-hybridized carbons (Fsp3) is 0.167. The van der Waals surface area contributed by atoms with Crippen LogP contribution in [-0.2, 0) is 19.6 Å². The van der Waals surface area contributed by atoms with Crippen LogP contribution in [0.1, 0.15) is 5.56 Å². The predicted octanol–water partition coefficient (Wildman–Crippen LogP) is 0.467. The molecule has 2 aromatic rings. The van der Waals surface area contributed by atoms with Gasteiger partial charge in [-0.05, 0) is 42.0 Å². The van der Waals surface area contributed by atoms with E-state index in [4.69, 9.17) is 10.5 Å². The van der Waals surface area contributed by atoms with Gasteiger partial charge in [-0.1, -0.05) is 18.2 Å². The van der Waals surface area contributed by atoms with Crippen molar-refractivity contribution in [3.63, 3.8) is 0 Å². The Bertz CT molecular complexity index is 944. The first-order valence-corrected chi connectivity index (χ1v) is 9.96. The summed E-state index contributed by atoms with van der Waals surface area (Å²) in [4.78, 5) is 22.7. The monoisotopic (exact) mass is 404 g/mol. The zero-order valence-corrected chi connectivity index (χ0v) is 15.9. The smallest absolute Gasteiger partial charge is 0.260 e. The summed E-state index contributed by atoms with van der Waals surface area (Å²) in [6, 6.07) is 14.9. The Labute approximate surface area is 162 Å². The molecule has 2 amide bonds. The van der Waals surface area contributed by atoms with Crippen LogP contribution in [0.15, 0.2) is 59.7 Å². The van der Waals surface area contributed by atoms with Crippen LogP contribution in [0.3, 0.4) is 0 Å². The van der Waals surface area contributed by atoms with Crippen LogP contribution < -0.4 is 20.2 Å². The van der Waals surface area contributed by atoms with Crippen LogP contribution in [-0.4, -0.2) is 45.9 Å². The molecule has 0 fully saturated rings. The van der Waals surface area contributed by atoms with Crippen molar-refractivity contribution in [3.8, 4) is 5.75 Å². The molecule has 0 aromatic heterocycles. The molecule has 0 unspecified atom stereocenters. The molecule has 148 valence electrons.